The second-order valence-corrected chi connectivity index (χ2v) is 8.74. The van der Waals surface area contributed by atoms with Gasteiger partial charge in [0.25, 0.3) is 5.91 Å². The molecule has 0 radical (unpaired) electrons. The predicted octanol–water partition coefficient (Wildman–Crippen LogP) is 3.85. The van der Waals surface area contributed by atoms with Gasteiger partial charge in [-0.3, -0.25) is 9.59 Å². The van der Waals surface area contributed by atoms with E-state index < -0.39 is 0 Å². The molecular formula is C19H25NO2S. The van der Waals surface area contributed by atoms with Gasteiger partial charge < -0.3 is 5.32 Å². The quantitative estimate of drug-likeness (QED) is 0.860. The maximum atomic E-state index is 12.8. The maximum Gasteiger partial charge on any atom is 0.252 e. The molecule has 3 aliphatic carbocycles. The second kappa shape index (κ2) is 6.04. The van der Waals surface area contributed by atoms with E-state index >= 15 is 0 Å². The first-order chi connectivity index (χ1) is 11.1. The van der Waals surface area contributed by atoms with E-state index in [1.165, 1.54) is 29.7 Å². The molecule has 0 bridgehead atoms. The lowest BCUT2D eigenvalue weighted by Gasteiger charge is -2.19. The van der Waals surface area contributed by atoms with Crippen LogP contribution in [0.15, 0.2) is 0 Å². The minimum absolute atomic E-state index is 0.0714. The average Bonchev–Trinajstić information content (AvgIpc) is 3.42. The van der Waals surface area contributed by atoms with Crippen LogP contribution in [0.3, 0.4) is 0 Å². The number of nitrogens with one attached hydrogen (secondary N) is 1. The highest BCUT2D eigenvalue weighted by atomic mass is 32.1. The average molecular weight is 331 g/mol. The Bertz CT molecular complexity index is 640. The summed E-state index contributed by atoms with van der Waals surface area (Å²) in [5, 5.41) is 3.13. The number of hydrogen-bond donors (Lipinski definition) is 1. The highest BCUT2D eigenvalue weighted by molar-refractivity contribution is 7.12. The van der Waals surface area contributed by atoms with Crippen molar-refractivity contribution in [3.63, 3.8) is 0 Å². The van der Waals surface area contributed by atoms with Gasteiger partial charge in [-0.2, -0.15) is 0 Å². The van der Waals surface area contributed by atoms with Crippen LogP contribution < -0.4 is 5.32 Å². The van der Waals surface area contributed by atoms with Crippen LogP contribution in [0.4, 0.5) is 0 Å². The third kappa shape index (κ3) is 3.23. The second-order valence-electron chi connectivity index (χ2n) is 7.61. The standard InChI is InChI=1S/C19H25NO2S/c1-11-3-2-4-14-17(19(22)20-10-12-5-6-12)16(23-18(11)14)9-15(21)13-7-8-13/h11-13H,2-10H2,1H3,(H,20,22). The van der Waals surface area contributed by atoms with E-state index in [4.69, 9.17) is 0 Å². The molecule has 1 aromatic rings. The number of rotatable bonds is 6. The Hall–Kier alpha value is -1.16. The molecule has 4 rings (SSSR count). The molecule has 3 nitrogen and oxygen atoms in total. The van der Waals surface area contributed by atoms with E-state index in [1.54, 1.807) is 11.3 Å². The van der Waals surface area contributed by atoms with Gasteiger partial charge in [0, 0.05) is 28.6 Å². The SMILES string of the molecule is CC1CCCc2c1sc(CC(=O)C1CC1)c2C(=O)NCC1CC1. The summed E-state index contributed by atoms with van der Waals surface area (Å²) in [5.74, 6) is 1.90. The smallest absolute Gasteiger partial charge is 0.252 e. The first-order valence-corrected chi connectivity index (χ1v) is 9.90. The number of hydrogen-bond acceptors (Lipinski definition) is 3. The summed E-state index contributed by atoms with van der Waals surface area (Å²) >= 11 is 1.74. The van der Waals surface area contributed by atoms with Crippen molar-refractivity contribution in [3.8, 4) is 0 Å². The molecule has 1 unspecified atom stereocenters. The monoisotopic (exact) mass is 331 g/mol. The Morgan fingerprint density at radius 2 is 1.96 bits per heavy atom. The minimum atomic E-state index is 0.0714. The number of fused-ring (bicyclic) bond motifs is 1. The summed E-state index contributed by atoms with van der Waals surface area (Å²) < 4.78 is 0. The zero-order valence-corrected chi connectivity index (χ0v) is 14.6. The van der Waals surface area contributed by atoms with Crippen molar-refractivity contribution in [3.05, 3.63) is 20.9 Å². The van der Waals surface area contributed by atoms with Gasteiger partial charge in [0.2, 0.25) is 0 Å². The topological polar surface area (TPSA) is 46.2 Å². The Morgan fingerprint density at radius 3 is 2.65 bits per heavy atom. The van der Waals surface area contributed by atoms with Gasteiger partial charge in [0.15, 0.2) is 0 Å². The molecule has 2 saturated carbocycles. The van der Waals surface area contributed by atoms with Crippen LogP contribution in [0.25, 0.3) is 0 Å². The number of thiophene rings is 1. The molecular weight excluding hydrogens is 306 g/mol. The van der Waals surface area contributed by atoms with Gasteiger partial charge in [-0.25, -0.2) is 0 Å². The lowest BCUT2D eigenvalue weighted by atomic mass is 9.87. The van der Waals surface area contributed by atoms with Gasteiger partial charge >= 0.3 is 0 Å². The third-order valence-corrected chi connectivity index (χ3v) is 6.93. The molecule has 2 fully saturated rings. The molecule has 23 heavy (non-hydrogen) atoms. The zero-order chi connectivity index (χ0) is 16.0. The molecule has 1 N–H and O–H groups in total. The van der Waals surface area contributed by atoms with Crippen molar-refractivity contribution >= 4 is 23.0 Å². The van der Waals surface area contributed by atoms with Crippen molar-refractivity contribution in [1.82, 2.24) is 5.32 Å². The highest BCUT2D eigenvalue weighted by Gasteiger charge is 2.34. The fourth-order valence-corrected chi connectivity index (χ4v) is 5.09. The van der Waals surface area contributed by atoms with Crippen LogP contribution in [0.5, 0.6) is 0 Å². The number of Topliss-reactive ketones (excluding diaryl/α,β-unsaturated/α-hetero) is 1. The Morgan fingerprint density at radius 1 is 1.17 bits per heavy atom. The minimum Gasteiger partial charge on any atom is -0.352 e. The Labute approximate surface area is 141 Å². The van der Waals surface area contributed by atoms with Gasteiger partial charge in [-0.1, -0.05) is 6.92 Å². The first-order valence-electron chi connectivity index (χ1n) is 9.08. The molecule has 124 valence electrons. The zero-order valence-electron chi connectivity index (χ0n) is 13.8. The van der Waals surface area contributed by atoms with E-state index in [0.717, 1.165) is 42.7 Å². The molecule has 1 heterocycles. The molecule has 0 saturated heterocycles. The normalized spacial score (nSPS) is 23.4. The van der Waals surface area contributed by atoms with E-state index in [9.17, 15) is 9.59 Å². The third-order valence-electron chi connectivity index (χ3n) is 5.47. The van der Waals surface area contributed by atoms with Crippen LogP contribution in [0, 0.1) is 11.8 Å². The van der Waals surface area contributed by atoms with Crippen LogP contribution >= 0.6 is 11.3 Å². The summed E-state index contributed by atoms with van der Waals surface area (Å²) in [5.41, 5.74) is 2.12. The van der Waals surface area contributed by atoms with Crippen molar-refractivity contribution in [2.45, 2.75) is 64.2 Å². The van der Waals surface area contributed by atoms with E-state index in [0.29, 0.717) is 24.0 Å². The molecule has 3 aliphatic rings. The molecule has 0 aromatic carbocycles. The van der Waals surface area contributed by atoms with Crippen molar-refractivity contribution in [2.75, 3.05) is 6.54 Å². The molecule has 4 heteroatoms. The molecule has 1 aromatic heterocycles. The summed E-state index contributed by atoms with van der Waals surface area (Å²) in [6.07, 6.45) is 8.41. The fourth-order valence-electron chi connectivity index (χ4n) is 3.64. The van der Waals surface area contributed by atoms with Crippen molar-refractivity contribution < 1.29 is 9.59 Å². The van der Waals surface area contributed by atoms with E-state index in [2.05, 4.69) is 12.2 Å². The summed E-state index contributed by atoms with van der Waals surface area (Å²) in [4.78, 5) is 27.5. The van der Waals surface area contributed by atoms with E-state index in [-0.39, 0.29) is 11.8 Å². The lowest BCUT2D eigenvalue weighted by molar-refractivity contribution is -0.119. The largest absolute Gasteiger partial charge is 0.352 e. The van der Waals surface area contributed by atoms with Crippen LogP contribution in [-0.2, 0) is 17.6 Å². The summed E-state index contributed by atoms with van der Waals surface area (Å²) in [7, 11) is 0. The summed E-state index contributed by atoms with van der Waals surface area (Å²) in [6.45, 7) is 3.06. The van der Waals surface area contributed by atoms with Crippen molar-refractivity contribution in [1.29, 1.82) is 0 Å². The summed E-state index contributed by atoms with van der Waals surface area (Å²) in [6, 6.07) is 0. The Balaban J connectivity index is 1.61. The first kappa shape index (κ1) is 15.4. The van der Waals surface area contributed by atoms with Gasteiger partial charge in [0.1, 0.15) is 5.78 Å². The number of amides is 1. The number of carbonyl (C=O) groups excluding carboxylic acids is 2. The predicted molar refractivity (Wildman–Crippen MR) is 92.2 cm³/mol. The van der Waals surface area contributed by atoms with E-state index in [1.807, 2.05) is 0 Å². The molecule has 1 atom stereocenters. The highest BCUT2D eigenvalue weighted by Crippen LogP contribution is 2.42. The molecule has 1 amide bonds. The van der Waals surface area contributed by atoms with Crippen molar-refractivity contribution in [2.24, 2.45) is 11.8 Å². The number of carbonyl (C=O) groups is 2. The lowest BCUT2D eigenvalue weighted by Crippen LogP contribution is -2.27. The van der Waals surface area contributed by atoms with Gasteiger partial charge in [0.05, 0.1) is 5.56 Å². The molecule has 0 aliphatic heterocycles. The number of ketones is 1. The van der Waals surface area contributed by atoms with Crippen LogP contribution in [0.2, 0.25) is 0 Å². The Kier molecular flexibility index (Phi) is 4.04. The van der Waals surface area contributed by atoms with Gasteiger partial charge in [-0.05, 0) is 62.3 Å². The van der Waals surface area contributed by atoms with Crippen LogP contribution in [0.1, 0.15) is 77.0 Å². The van der Waals surface area contributed by atoms with Gasteiger partial charge in [-0.15, -0.1) is 11.3 Å². The van der Waals surface area contributed by atoms with Crippen LogP contribution in [-0.4, -0.2) is 18.2 Å². The fraction of sp³-hybridized carbons (Fsp3) is 0.684. The maximum absolute atomic E-state index is 12.8. The molecule has 0 spiro atoms.